The number of carbonyl (C=O) groups is 2. The Bertz CT molecular complexity index is 1460. The maximum absolute atomic E-state index is 13.0. The monoisotopic (exact) mass is 546 g/mol. The van der Waals surface area contributed by atoms with E-state index in [1.807, 2.05) is 11.9 Å². The SMILES string of the molecule is CN1CCOCC1N(C(N)=O)c1c(NC(=O)Nc2cnc(-n3nccn3)c(Cl)c2)cnc2cc(Cl)nn12. The van der Waals surface area contributed by atoms with E-state index in [2.05, 4.69) is 35.9 Å². The van der Waals surface area contributed by atoms with Gasteiger partial charge in [0.15, 0.2) is 22.4 Å². The molecule has 15 nitrogen and oxygen atoms in total. The van der Waals surface area contributed by atoms with Gasteiger partial charge in [0.2, 0.25) is 0 Å². The van der Waals surface area contributed by atoms with Gasteiger partial charge in [-0.15, -0.1) is 4.80 Å². The molecule has 4 aromatic heterocycles. The van der Waals surface area contributed by atoms with Gasteiger partial charge in [-0.25, -0.2) is 19.6 Å². The van der Waals surface area contributed by atoms with Crippen molar-refractivity contribution in [1.82, 2.24) is 39.5 Å². The fourth-order valence-corrected chi connectivity index (χ4v) is 4.22. The van der Waals surface area contributed by atoms with Gasteiger partial charge >= 0.3 is 12.1 Å². The number of urea groups is 2. The molecule has 1 atom stereocenters. The number of morpholine rings is 1. The van der Waals surface area contributed by atoms with Crippen molar-refractivity contribution in [3.8, 4) is 5.82 Å². The molecule has 0 spiro atoms. The lowest BCUT2D eigenvalue weighted by atomic mass is 10.3. The van der Waals surface area contributed by atoms with Crippen molar-refractivity contribution >= 4 is 58.1 Å². The van der Waals surface area contributed by atoms with Crippen molar-refractivity contribution in [2.24, 2.45) is 5.73 Å². The number of hydrogen-bond acceptors (Lipinski definition) is 9. The van der Waals surface area contributed by atoms with Gasteiger partial charge < -0.3 is 21.1 Å². The molecule has 4 N–H and O–H groups in total. The number of amides is 4. The second-order valence-corrected chi connectivity index (χ2v) is 8.70. The van der Waals surface area contributed by atoms with Crippen LogP contribution in [0.2, 0.25) is 10.2 Å². The third-order valence-corrected chi connectivity index (χ3v) is 5.95. The number of likely N-dealkylation sites (N-methyl/N-ethyl adjacent to an activating group) is 1. The Hall–Kier alpha value is -4.05. The summed E-state index contributed by atoms with van der Waals surface area (Å²) in [5.41, 5.74) is 6.58. The Morgan fingerprint density at radius 3 is 2.65 bits per heavy atom. The summed E-state index contributed by atoms with van der Waals surface area (Å²) in [5, 5.41) is 17.9. The van der Waals surface area contributed by atoms with Crippen molar-refractivity contribution < 1.29 is 14.3 Å². The summed E-state index contributed by atoms with van der Waals surface area (Å²) < 4.78 is 6.91. The lowest BCUT2D eigenvalue weighted by molar-refractivity contribution is 0.00761. The summed E-state index contributed by atoms with van der Waals surface area (Å²) in [6.45, 7) is 1.24. The van der Waals surface area contributed by atoms with Crippen LogP contribution in [0, 0.1) is 0 Å². The van der Waals surface area contributed by atoms with Gasteiger partial charge in [0.25, 0.3) is 0 Å². The quantitative estimate of drug-likeness (QED) is 0.337. The minimum Gasteiger partial charge on any atom is -0.377 e. The Morgan fingerprint density at radius 1 is 1.16 bits per heavy atom. The number of primary amides is 1. The fourth-order valence-electron chi connectivity index (χ4n) is 3.81. The number of aromatic nitrogens is 7. The number of ether oxygens (including phenoxy) is 1. The third-order valence-electron chi connectivity index (χ3n) is 5.49. The number of fused-ring (bicyclic) bond motifs is 1. The molecule has 0 saturated carbocycles. The fraction of sp³-hybridized carbons (Fsp3) is 0.250. The van der Waals surface area contributed by atoms with Crippen LogP contribution in [0.1, 0.15) is 0 Å². The maximum atomic E-state index is 13.0. The van der Waals surface area contributed by atoms with Crippen LogP contribution in [0.5, 0.6) is 0 Å². The molecule has 1 aliphatic heterocycles. The van der Waals surface area contributed by atoms with Crippen LogP contribution in [0.15, 0.2) is 36.9 Å². The molecule has 1 fully saturated rings. The van der Waals surface area contributed by atoms with Gasteiger partial charge in [-0.1, -0.05) is 23.2 Å². The van der Waals surface area contributed by atoms with Gasteiger partial charge in [-0.05, 0) is 13.1 Å². The Balaban J connectivity index is 1.46. The van der Waals surface area contributed by atoms with Gasteiger partial charge in [0.05, 0.1) is 48.7 Å². The van der Waals surface area contributed by atoms with E-state index in [1.165, 1.54) is 51.1 Å². The topological polar surface area (TPSA) is 174 Å². The average Bonchev–Trinajstić information content (AvgIpc) is 3.51. The number of nitrogens with two attached hydrogens (primary N) is 1. The smallest absolute Gasteiger partial charge is 0.323 e. The highest BCUT2D eigenvalue weighted by atomic mass is 35.5. The van der Waals surface area contributed by atoms with E-state index in [1.54, 1.807) is 0 Å². The molecule has 5 heterocycles. The van der Waals surface area contributed by atoms with Crippen LogP contribution >= 0.6 is 23.2 Å². The Labute approximate surface area is 219 Å². The van der Waals surface area contributed by atoms with Crippen molar-refractivity contribution in [1.29, 1.82) is 0 Å². The van der Waals surface area contributed by atoms with E-state index in [9.17, 15) is 9.59 Å². The summed E-state index contributed by atoms with van der Waals surface area (Å²) in [6.07, 6.45) is 5.16. The highest BCUT2D eigenvalue weighted by Gasteiger charge is 2.34. The second-order valence-electron chi connectivity index (χ2n) is 7.90. The molecule has 5 rings (SSSR count). The van der Waals surface area contributed by atoms with Crippen LogP contribution < -0.4 is 21.3 Å². The molecule has 37 heavy (non-hydrogen) atoms. The number of rotatable bonds is 5. The first-order valence-corrected chi connectivity index (χ1v) is 11.6. The predicted molar refractivity (Wildman–Crippen MR) is 134 cm³/mol. The number of nitrogens with zero attached hydrogens (tertiary/aromatic N) is 9. The first kappa shape index (κ1) is 24.6. The van der Waals surface area contributed by atoms with Crippen molar-refractivity contribution in [2.75, 3.05) is 42.3 Å². The minimum atomic E-state index is -0.788. The first-order valence-electron chi connectivity index (χ1n) is 10.8. The lowest BCUT2D eigenvalue weighted by Crippen LogP contribution is -2.58. The number of anilines is 3. The summed E-state index contributed by atoms with van der Waals surface area (Å²) in [5.74, 6) is 0.444. The number of hydrogen-bond donors (Lipinski definition) is 3. The molecule has 0 bridgehead atoms. The highest BCUT2D eigenvalue weighted by molar-refractivity contribution is 6.32. The number of halogens is 2. The van der Waals surface area contributed by atoms with Crippen LogP contribution in [-0.4, -0.2) is 84.5 Å². The van der Waals surface area contributed by atoms with Crippen molar-refractivity contribution in [2.45, 2.75) is 6.17 Å². The highest BCUT2D eigenvalue weighted by Crippen LogP contribution is 2.30. The molecule has 4 aromatic rings. The van der Waals surface area contributed by atoms with Gasteiger partial charge in [0, 0.05) is 12.6 Å². The number of pyridine rings is 1. The van der Waals surface area contributed by atoms with E-state index in [0.717, 1.165) is 0 Å². The Morgan fingerprint density at radius 2 is 1.95 bits per heavy atom. The van der Waals surface area contributed by atoms with E-state index in [4.69, 9.17) is 33.7 Å². The summed E-state index contributed by atoms with van der Waals surface area (Å²) >= 11 is 12.4. The average molecular weight is 547 g/mol. The minimum absolute atomic E-state index is 0.138. The second kappa shape index (κ2) is 10.1. The molecule has 1 unspecified atom stereocenters. The summed E-state index contributed by atoms with van der Waals surface area (Å²) in [4.78, 5) is 38.6. The third kappa shape index (κ3) is 4.97. The van der Waals surface area contributed by atoms with E-state index >= 15 is 0 Å². The van der Waals surface area contributed by atoms with Crippen LogP contribution in [-0.2, 0) is 4.74 Å². The molecule has 0 radical (unpaired) electrons. The van der Waals surface area contributed by atoms with Crippen molar-refractivity contribution in [3.05, 3.63) is 47.1 Å². The maximum Gasteiger partial charge on any atom is 0.323 e. The lowest BCUT2D eigenvalue weighted by Gasteiger charge is -2.39. The largest absolute Gasteiger partial charge is 0.377 e. The first-order chi connectivity index (χ1) is 17.8. The zero-order valence-electron chi connectivity index (χ0n) is 19.2. The standard InChI is InChI=1S/C20H20Cl2N12O3/c1-31-4-5-37-10-16(31)32(19(23)35)18-13(9-24-15-7-14(22)30-33(15)18)29-20(36)28-11-6-12(21)17(25-8-11)34-26-2-3-27-34/h2-3,6-9,16H,4-5,10H2,1H3,(H2,23,35)(H2,28,29,36). The van der Waals surface area contributed by atoms with E-state index in [-0.39, 0.29) is 28.3 Å². The van der Waals surface area contributed by atoms with Gasteiger partial charge in [-0.2, -0.15) is 19.8 Å². The normalized spacial score (nSPS) is 16.0. The van der Waals surface area contributed by atoms with E-state index in [0.29, 0.717) is 30.3 Å². The molecule has 17 heteroatoms. The molecule has 1 aliphatic rings. The zero-order valence-corrected chi connectivity index (χ0v) is 20.8. The van der Waals surface area contributed by atoms with Gasteiger partial charge in [0.1, 0.15) is 11.9 Å². The number of carbonyl (C=O) groups excluding carboxylic acids is 2. The summed E-state index contributed by atoms with van der Waals surface area (Å²) in [6, 6.07) is 1.55. The molecule has 0 aliphatic carbocycles. The van der Waals surface area contributed by atoms with Crippen LogP contribution in [0.4, 0.5) is 26.8 Å². The number of nitrogens with one attached hydrogen (secondary N) is 2. The molecular formula is C20H20Cl2N12O3. The van der Waals surface area contributed by atoms with Crippen LogP contribution in [0.3, 0.4) is 0 Å². The predicted octanol–water partition coefficient (Wildman–Crippen LogP) is 1.83. The molecule has 1 saturated heterocycles. The Kier molecular flexibility index (Phi) is 6.75. The van der Waals surface area contributed by atoms with Gasteiger partial charge in [-0.3, -0.25) is 9.80 Å². The molecule has 0 aromatic carbocycles. The van der Waals surface area contributed by atoms with Crippen molar-refractivity contribution in [3.63, 3.8) is 0 Å². The zero-order chi connectivity index (χ0) is 26.1. The molecular weight excluding hydrogens is 527 g/mol. The molecule has 4 amide bonds. The summed E-state index contributed by atoms with van der Waals surface area (Å²) in [7, 11) is 1.83. The van der Waals surface area contributed by atoms with E-state index < -0.39 is 18.2 Å². The van der Waals surface area contributed by atoms with Crippen LogP contribution in [0.25, 0.3) is 11.5 Å². The molecule has 192 valence electrons.